The molecule has 8 nitrogen and oxygen atoms in total. The highest BCUT2D eigenvalue weighted by Crippen LogP contribution is 2.22. The first-order chi connectivity index (χ1) is 14.1. The molecule has 1 heterocycles. The molecule has 1 unspecified atom stereocenters. The van der Waals surface area contributed by atoms with Gasteiger partial charge in [-0.2, -0.15) is 0 Å². The van der Waals surface area contributed by atoms with Gasteiger partial charge in [0.15, 0.2) is 0 Å². The van der Waals surface area contributed by atoms with Crippen molar-refractivity contribution in [2.75, 3.05) is 44.7 Å². The summed E-state index contributed by atoms with van der Waals surface area (Å²) in [5.41, 5.74) is 3.34. The van der Waals surface area contributed by atoms with Gasteiger partial charge in [0.2, 0.25) is 0 Å². The van der Waals surface area contributed by atoms with Crippen LogP contribution in [0.15, 0.2) is 30.3 Å². The highest BCUT2D eigenvalue weighted by atomic mass is 16.5. The molecule has 2 amide bonds. The summed E-state index contributed by atoms with van der Waals surface area (Å²) in [7, 11) is 0. The summed E-state index contributed by atoms with van der Waals surface area (Å²) in [6.45, 7) is 8.41. The van der Waals surface area contributed by atoms with Gasteiger partial charge in [-0.15, -0.1) is 0 Å². The summed E-state index contributed by atoms with van der Waals surface area (Å²) in [6.07, 6.45) is 2.51. The Kier molecular flexibility index (Phi) is 16.8. The summed E-state index contributed by atoms with van der Waals surface area (Å²) in [5.74, 6) is -0.850. The molecule has 1 atom stereocenters. The van der Waals surface area contributed by atoms with Crippen molar-refractivity contribution in [1.82, 2.24) is 5.43 Å². The number of hydrogen-bond donors (Lipinski definition) is 3. The Bertz CT molecular complexity index is 535. The first-order valence-electron chi connectivity index (χ1n) is 10.1. The normalized spacial score (nSPS) is 15.2. The molecule has 8 heteroatoms. The number of carbonyl (C=O) groups excluding carboxylic acids is 2. The molecule has 0 bridgehead atoms. The van der Waals surface area contributed by atoms with E-state index in [4.69, 9.17) is 14.9 Å². The van der Waals surface area contributed by atoms with Gasteiger partial charge in [-0.3, -0.25) is 15.0 Å². The monoisotopic (exact) mass is 412 g/mol. The minimum Gasteiger partial charge on any atom is -0.394 e. The summed E-state index contributed by atoms with van der Waals surface area (Å²) in [5, 5.41) is 17.5. The number of anilines is 1. The predicted octanol–water partition coefficient (Wildman–Crippen LogP) is 1.90. The minimum atomic E-state index is -0.518. The number of benzene rings is 1. The van der Waals surface area contributed by atoms with Crippen molar-refractivity contribution < 1.29 is 29.3 Å². The molecule has 1 aliphatic heterocycles. The zero-order chi connectivity index (χ0) is 21.9. The smallest absolute Gasteiger partial charge is 0.258 e. The van der Waals surface area contributed by atoms with Gasteiger partial charge in [0.05, 0.1) is 32.1 Å². The predicted molar refractivity (Wildman–Crippen MR) is 112 cm³/mol. The molecule has 0 spiro atoms. The van der Waals surface area contributed by atoms with Crippen LogP contribution < -0.4 is 10.4 Å². The molecule has 0 aliphatic carbocycles. The van der Waals surface area contributed by atoms with Gasteiger partial charge in [-0.25, -0.2) is 5.01 Å². The number of hydrazine groups is 1. The van der Waals surface area contributed by atoms with E-state index in [1.54, 1.807) is 12.1 Å². The van der Waals surface area contributed by atoms with Crippen LogP contribution in [0, 0.1) is 5.92 Å². The minimum absolute atomic E-state index is 0.0278. The zero-order valence-electron chi connectivity index (χ0n) is 17.8. The molecule has 3 N–H and O–H groups in total. The number of aliphatic hydroxyl groups is 2. The van der Waals surface area contributed by atoms with E-state index in [9.17, 15) is 9.59 Å². The molecule has 0 radical (unpaired) electrons. The molecule has 29 heavy (non-hydrogen) atoms. The molecule has 1 aromatic rings. The summed E-state index contributed by atoms with van der Waals surface area (Å²) in [6, 6.07) is 9.17. The van der Waals surface area contributed by atoms with Gasteiger partial charge in [-0.1, -0.05) is 38.0 Å². The largest absolute Gasteiger partial charge is 0.394 e. The number of nitrogens with one attached hydrogen (secondary N) is 1. The average molecular weight is 413 g/mol. The SMILES string of the molecule is CCCCC1C(=O)NN(c2ccccc2)C1=O.CCOCC.OCCOCCO. The summed E-state index contributed by atoms with van der Waals surface area (Å²) < 4.78 is 9.47. The second-order valence-corrected chi connectivity index (χ2v) is 6.02. The highest BCUT2D eigenvalue weighted by Gasteiger charge is 2.39. The van der Waals surface area contributed by atoms with E-state index < -0.39 is 5.92 Å². The number of unbranched alkanes of at least 4 members (excludes halogenated alkanes) is 1. The van der Waals surface area contributed by atoms with Crippen LogP contribution in [0.1, 0.15) is 40.0 Å². The van der Waals surface area contributed by atoms with E-state index >= 15 is 0 Å². The maximum Gasteiger partial charge on any atom is 0.258 e. The van der Waals surface area contributed by atoms with Crippen molar-refractivity contribution in [3.05, 3.63) is 30.3 Å². The lowest BCUT2D eigenvalue weighted by molar-refractivity contribution is -0.127. The molecule has 1 saturated heterocycles. The molecular weight excluding hydrogens is 376 g/mol. The van der Waals surface area contributed by atoms with Crippen molar-refractivity contribution in [2.45, 2.75) is 40.0 Å². The lowest BCUT2D eigenvalue weighted by atomic mass is 10.0. The third kappa shape index (κ3) is 11.6. The summed E-state index contributed by atoms with van der Waals surface area (Å²) >= 11 is 0. The topological polar surface area (TPSA) is 108 Å². The fourth-order valence-corrected chi connectivity index (χ4v) is 2.38. The van der Waals surface area contributed by atoms with Gasteiger partial charge in [0.25, 0.3) is 11.8 Å². The van der Waals surface area contributed by atoms with Crippen molar-refractivity contribution in [3.63, 3.8) is 0 Å². The maximum absolute atomic E-state index is 12.1. The fraction of sp³-hybridized carbons (Fsp3) is 0.619. The second-order valence-electron chi connectivity index (χ2n) is 6.02. The molecule has 2 rings (SSSR count). The van der Waals surface area contributed by atoms with Crippen LogP contribution in [0.4, 0.5) is 5.69 Å². The number of aliphatic hydroxyl groups excluding tert-OH is 2. The number of rotatable bonds is 10. The van der Waals surface area contributed by atoms with Crippen LogP contribution in [0.25, 0.3) is 0 Å². The molecule has 0 saturated carbocycles. The van der Waals surface area contributed by atoms with Gasteiger partial charge in [0.1, 0.15) is 5.92 Å². The number of ether oxygens (including phenoxy) is 2. The first-order valence-corrected chi connectivity index (χ1v) is 10.1. The fourth-order valence-electron chi connectivity index (χ4n) is 2.38. The van der Waals surface area contributed by atoms with Crippen LogP contribution in [-0.2, 0) is 19.1 Å². The van der Waals surface area contributed by atoms with Crippen LogP contribution >= 0.6 is 0 Å². The first kappa shape index (κ1) is 27.0. The van der Waals surface area contributed by atoms with Gasteiger partial charge >= 0.3 is 0 Å². The lowest BCUT2D eigenvalue weighted by Gasteiger charge is -2.14. The van der Waals surface area contributed by atoms with Gasteiger partial charge < -0.3 is 19.7 Å². The van der Waals surface area contributed by atoms with Gasteiger partial charge in [-0.05, 0) is 32.4 Å². The highest BCUT2D eigenvalue weighted by molar-refractivity contribution is 6.14. The standard InChI is InChI=1S/C13H16N2O2.C4H10O3.C4H10O/c1-2-3-9-11-12(16)14-15(13(11)17)10-7-5-4-6-8-10;5-1-3-7-4-2-6;1-3-5-4-2/h4-8,11H,2-3,9H2,1H3,(H,14,16);5-6H,1-4H2;3-4H2,1-2H3. The van der Waals surface area contributed by atoms with E-state index in [-0.39, 0.29) is 25.0 Å². The third-order valence-electron chi connectivity index (χ3n) is 3.80. The van der Waals surface area contributed by atoms with E-state index in [0.29, 0.717) is 25.3 Å². The van der Waals surface area contributed by atoms with Crippen LogP contribution in [-0.4, -0.2) is 61.7 Å². The Labute approximate surface area is 173 Å². The second kappa shape index (κ2) is 18.1. The Hall–Kier alpha value is -2.00. The molecule has 1 aromatic carbocycles. The van der Waals surface area contributed by atoms with Crippen molar-refractivity contribution in [3.8, 4) is 0 Å². The Morgan fingerprint density at radius 1 is 0.966 bits per heavy atom. The van der Waals surface area contributed by atoms with Crippen molar-refractivity contribution in [2.24, 2.45) is 5.92 Å². The van der Waals surface area contributed by atoms with E-state index in [1.165, 1.54) is 5.01 Å². The molecule has 1 aliphatic rings. The Morgan fingerprint density at radius 3 is 2.00 bits per heavy atom. The van der Waals surface area contributed by atoms with Crippen LogP contribution in [0.2, 0.25) is 0 Å². The quantitative estimate of drug-likeness (QED) is 0.400. The third-order valence-corrected chi connectivity index (χ3v) is 3.80. The van der Waals surface area contributed by atoms with Crippen molar-refractivity contribution in [1.29, 1.82) is 0 Å². The molecule has 0 aromatic heterocycles. The maximum atomic E-state index is 12.1. The molecule has 166 valence electrons. The average Bonchev–Trinajstić information content (AvgIpc) is 3.02. The van der Waals surface area contributed by atoms with Gasteiger partial charge in [0, 0.05) is 13.2 Å². The van der Waals surface area contributed by atoms with Crippen molar-refractivity contribution >= 4 is 17.5 Å². The van der Waals surface area contributed by atoms with Crippen LogP contribution in [0.5, 0.6) is 0 Å². The Balaban J connectivity index is 0.000000543. The van der Waals surface area contributed by atoms with E-state index in [2.05, 4.69) is 10.2 Å². The number of nitrogens with zero attached hydrogens (tertiary/aromatic N) is 1. The van der Waals surface area contributed by atoms with Crippen LogP contribution in [0.3, 0.4) is 0 Å². The molecule has 1 fully saturated rings. The molecular formula is C21H36N2O6. The zero-order valence-corrected chi connectivity index (χ0v) is 17.8. The number of para-hydroxylation sites is 1. The number of carbonyl (C=O) groups is 2. The summed E-state index contributed by atoms with van der Waals surface area (Å²) in [4.78, 5) is 23.8. The van der Waals surface area contributed by atoms with E-state index in [1.807, 2.05) is 39.0 Å². The number of hydrogen-bond acceptors (Lipinski definition) is 6. The number of amides is 2. The van der Waals surface area contributed by atoms with E-state index in [0.717, 1.165) is 26.1 Å². The Morgan fingerprint density at radius 2 is 1.55 bits per heavy atom. The lowest BCUT2D eigenvalue weighted by Crippen LogP contribution is -2.35.